The molecule has 1 spiro atoms. The molecular weight excluding hydrogens is 164 g/mol. The minimum absolute atomic E-state index is 0.220. The normalized spacial score (nSPS) is 38.8. The zero-order chi connectivity index (χ0) is 9.64. The summed E-state index contributed by atoms with van der Waals surface area (Å²) in [5.41, 5.74) is 1.54. The van der Waals surface area contributed by atoms with Crippen LogP contribution < -0.4 is 0 Å². The number of esters is 1. The minimum Gasteiger partial charge on any atom is -0.455 e. The zero-order valence-electron chi connectivity index (χ0n) is 7.93. The Morgan fingerprint density at radius 1 is 1.46 bits per heavy atom. The number of carbonyl (C=O) groups excluding carboxylic acids is 1. The molecule has 1 saturated heterocycles. The molecule has 2 nitrogen and oxygen atoms in total. The Bertz CT molecular complexity index is 285. The van der Waals surface area contributed by atoms with Gasteiger partial charge >= 0.3 is 5.97 Å². The van der Waals surface area contributed by atoms with Crippen molar-refractivity contribution in [2.45, 2.75) is 31.8 Å². The molecule has 2 rings (SSSR count). The summed E-state index contributed by atoms with van der Waals surface area (Å²) in [5.74, 6) is 0.251. The predicted molar refractivity (Wildman–Crippen MR) is 50.1 cm³/mol. The van der Waals surface area contributed by atoms with Gasteiger partial charge in [-0.25, -0.2) is 4.79 Å². The van der Waals surface area contributed by atoms with Gasteiger partial charge in [-0.05, 0) is 12.3 Å². The van der Waals surface area contributed by atoms with E-state index < -0.39 is 0 Å². The van der Waals surface area contributed by atoms with E-state index in [-0.39, 0.29) is 11.6 Å². The molecule has 1 heterocycles. The first-order chi connectivity index (χ1) is 6.02. The van der Waals surface area contributed by atoms with Crippen molar-refractivity contribution in [3.05, 3.63) is 24.3 Å². The lowest BCUT2D eigenvalue weighted by Gasteiger charge is -2.20. The van der Waals surface area contributed by atoms with Gasteiger partial charge in [-0.2, -0.15) is 0 Å². The molecule has 13 heavy (non-hydrogen) atoms. The van der Waals surface area contributed by atoms with Crippen molar-refractivity contribution in [1.29, 1.82) is 0 Å². The van der Waals surface area contributed by atoms with Gasteiger partial charge in [0, 0.05) is 18.4 Å². The quantitative estimate of drug-likeness (QED) is 0.323. The second-order valence-electron chi connectivity index (χ2n) is 4.29. The average Bonchev–Trinajstić information content (AvgIpc) is 2.39. The van der Waals surface area contributed by atoms with E-state index in [2.05, 4.69) is 20.1 Å². The largest absolute Gasteiger partial charge is 0.455 e. The van der Waals surface area contributed by atoms with Gasteiger partial charge < -0.3 is 4.74 Å². The van der Waals surface area contributed by atoms with Crippen LogP contribution in [-0.4, -0.2) is 11.6 Å². The van der Waals surface area contributed by atoms with Crippen LogP contribution in [0.5, 0.6) is 0 Å². The number of hydrogen-bond acceptors (Lipinski definition) is 2. The lowest BCUT2D eigenvalue weighted by Crippen LogP contribution is -2.24. The van der Waals surface area contributed by atoms with Crippen molar-refractivity contribution in [1.82, 2.24) is 0 Å². The Balaban J connectivity index is 2.22. The molecule has 70 valence electrons. The van der Waals surface area contributed by atoms with Crippen LogP contribution in [0.15, 0.2) is 24.3 Å². The van der Waals surface area contributed by atoms with E-state index in [4.69, 9.17) is 4.74 Å². The van der Waals surface area contributed by atoms with Crippen LogP contribution in [0, 0.1) is 5.92 Å². The summed E-state index contributed by atoms with van der Waals surface area (Å²) >= 11 is 0. The zero-order valence-corrected chi connectivity index (χ0v) is 7.93. The van der Waals surface area contributed by atoms with Gasteiger partial charge in [0.15, 0.2) is 0 Å². The summed E-state index contributed by atoms with van der Waals surface area (Å²) in [7, 11) is 0. The van der Waals surface area contributed by atoms with E-state index in [1.54, 1.807) is 0 Å². The Morgan fingerprint density at radius 3 is 2.54 bits per heavy atom. The van der Waals surface area contributed by atoms with Crippen LogP contribution in [-0.2, 0) is 9.53 Å². The topological polar surface area (TPSA) is 26.3 Å². The van der Waals surface area contributed by atoms with Crippen LogP contribution >= 0.6 is 0 Å². The highest BCUT2D eigenvalue weighted by Gasteiger charge is 2.48. The molecule has 2 atom stereocenters. The minimum atomic E-state index is -0.273. The maximum Gasteiger partial charge on any atom is 0.334 e. The highest BCUT2D eigenvalue weighted by Crippen LogP contribution is 2.47. The number of ether oxygens (including phenoxy) is 1. The molecule has 0 bridgehead atoms. The second-order valence-corrected chi connectivity index (χ2v) is 4.29. The van der Waals surface area contributed by atoms with Gasteiger partial charge in [-0.15, -0.1) is 0 Å². The Hall–Kier alpha value is -1.05. The number of carbonyl (C=O) groups is 1. The molecule has 2 heteroatoms. The lowest BCUT2D eigenvalue weighted by atomic mass is 9.95. The standard InChI is InChI=1S/C11H14O2/c1-7-4-11(5-8(7)2)6-9(3)10(12)13-11/h8H,1,3-6H2,2H3/t8?,11-/m0/s1. The molecule has 0 N–H and O–H groups in total. The summed E-state index contributed by atoms with van der Waals surface area (Å²) in [6.07, 6.45) is 2.42. The van der Waals surface area contributed by atoms with Crippen molar-refractivity contribution in [2.75, 3.05) is 0 Å². The van der Waals surface area contributed by atoms with Crippen molar-refractivity contribution < 1.29 is 9.53 Å². The van der Waals surface area contributed by atoms with Gasteiger partial charge in [0.1, 0.15) is 5.60 Å². The fraction of sp³-hybridized carbons (Fsp3) is 0.545. The Morgan fingerprint density at radius 2 is 2.15 bits per heavy atom. The van der Waals surface area contributed by atoms with Crippen LogP contribution in [0.1, 0.15) is 26.2 Å². The van der Waals surface area contributed by atoms with E-state index in [1.807, 2.05) is 0 Å². The second kappa shape index (κ2) is 2.47. The van der Waals surface area contributed by atoms with Crippen LogP contribution in [0.3, 0.4) is 0 Å². The van der Waals surface area contributed by atoms with Crippen LogP contribution in [0.2, 0.25) is 0 Å². The average molecular weight is 178 g/mol. The predicted octanol–water partition coefficient (Wildman–Crippen LogP) is 2.21. The van der Waals surface area contributed by atoms with E-state index in [9.17, 15) is 4.79 Å². The first kappa shape index (κ1) is 8.54. The van der Waals surface area contributed by atoms with Crippen molar-refractivity contribution in [2.24, 2.45) is 5.92 Å². The van der Waals surface area contributed by atoms with Gasteiger partial charge in [-0.1, -0.05) is 25.7 Å². The third-order valence-corrected chi connectivity index (χ3v) is 3.06. The summed E-state index contributed by atoms with van der Waals surface area (Å²) in [6.45, 7) is 9.81. The van der Waals surface area contributed by atoms with Gasteiger partial charge in [-0.3, -0.25) is 0 Å². The molecule has 0 amide bonds. The number of hydrogen-bond donors (Lipinski definition) is 0. The summed E-state index contributed by atoms with van der Waals surface area (Å²) in [5, 5.41) is 0. The third-order valence-electron chi connectivity index (χ3n) is 3.06. The summed E-state index contributed by atoms with van der Waals surface area (Å²) < 4.78 is 5.36. The smallest absolute Gasteiger partial charge is 0.334 e. The first-order valence-corrected chi connectivity index (χ1v) is 4.61. The van der Waals surface area contributed by atoms with Gasteiger partial charge in [0.05, 0.1) is 0 Å². The SMILES string of the molecule is C=C1C[C@@]2(CC(=C)C(C)C2)OC1=O. The molecule has 1 aliphatic carbocycles. The highest BCUT2D eigenvalue weighted by atomic mass is 16.6. The van der Waals surface area contributed by atoms with Gasteiger partial charge in [0.2, 0.25) is 0 Å². The van der Waals surface area contributed by atoms with Crippen molar-refractivity contribution in [3.8, 4) is 0 Å². The summed E-state index contributed by atoms with van der Waals surface area (Å²) in [6, 6.07) is 0. The molecular formula is C11H14O2. The third kappa shape index (κ3) is 1.21. The summed E-state index contributed by atoms with van der Waals surface area (Å²) in [4.78, 5) is 11.2. The molecule has 0 aromatic heterocycles. The number of rotatable bonds is 0. The molecule has 0 radical (unpaired) electrons. The lowest BCUT2D eigenvalue weighted by molar-refractivity contribution is -0.145. The Kier molecular flexibility index (Phi) is 1.62. The van der Waals surface area contributed by atoms with E-state index in [1.165, 1.54) is 5.57 Å². The maximum atomic E-state index is 11.2. The Labute approximate surface area is 78.3 Å². The van der Waals surface area contributed by atoms with E-state index >= 15 is 0 Å². The fourth-order valence-corrected chi connectivity index (χ4v) is 2.34. The molecule has 1 aliphatic heterocycles. The molecule has 2 aliphatic rings. The first-order valence-electron chi connectivity index (χ1n) is 4.61. The molecule has 0 aromatic carbocycles. The molecule has 2 fully saturated rings. The van der Waals surface area contributed by atoms with Crippen molar-refractivity contribution in [3.63, 3.8) is 0 Å². The van der Waals surface area contributed by atoms with Crippen LogP contribution in [0.25, 0.3) is 0 Å². The molecule has 0 aromatic rings. The molecule has 1 saturated carbocycles. The van der Waals surface area contributed by atoms with Gasteiger partial charge in [0.25, 0.3) is 0 Å². The van der Waals surface area contributed by atoms with E-state index in [0.29, 0.717) is 17.9 Å². The van der Waals surface area contributed by atoms with Crippen molar-refractivity contribution >= 4 is 5.97 Å². The highest BCUT2D eigenvalue weighted by molar-refractivity contribution is 5.90. The van der Waals surface area contributed by atoms with Crippen LogP contribution in [0.4, 0.5) is 0 Å². The maximum absolute atomic E-state index is 11.2. The monoisotopic (exact) mass is 178 g/mol. The van der Waals surface area contributed by atoms with E-state index in [0.717, 1.165) is 12.8 Å². The molecule has 1 unspecified atom stereocenters. The fourth-order valence-electron chi connectivity index (χ4n) is 2.34.